The Morgan fingerprint density at radius 2 is 1.84 bits per heavy atom. The molecule has 0 aliphatic rings. The number of carbonyl (C=O) groups is 1. The summed E-state index contributed by atoms with van der Waals surface area (Å²) in [7, 11) is 3.88. The van der Waals surface area contributed by atoms with E-state index in [1.807, 2.05) is 69.2 Å². The van der Waals surface area contributed by atoms with Gasteiger partial charge in [0.1, 0.15) is 11.2 Å². The van der Waals surface area contributed by atoms with Crippen molar-refractivity contribution in [3.8, 4) is 11.1 Å². The molecule has 0 saturated carbocycles. The monoisotopic (exact) mass is 418 g/mol. The van der Waals surface area contributed by atoms with Gasteiger partial charge < -0.3 is 19.1 Å². The summed E-state index contributed by atoms with van der Waals surface area (Å²) in [5.41, 5.74) is 4.74. The first kappa shape index (κ1) is 20.9. The highest BCUT2D eigenvalue weighted by atomic mass is 16.4. The van der Waals surface area contributed by atoms with Crippen molar-refractivity contribution in [2.45, 2.75) is 20.3 Å². The third-order valence-corrected chi connectivity index (χ3v) is 5.59. The van der Waals surface area contributed by atoms with Crippen LogP contribution in [0, 0.1) is 13.8 Å². The summed E-state index contributed by atoms with van der Waals surface area (Å²) in [5.74, 6) is -0.204. The normalized spacial score (nSPS) is 11.5. The van der Waals surface area contributed by atoms with Crippen molar-refractivity contribution < 1.29 is 13.6 Å². The number of hydrogen-bond acceptors (Lipinski definition) is 5. The van der Waals surface area contributed by atoms with E-state index in [2.05, 4.69) is 5.32 Å². The molecule has 0 aliphatic carbocycles. The number of likely N-dealkylation sites (N-methyl/N-ethyl adjacent to an activating group) is 1. The van der Waals surface area contributed by atoms with Gasteiger partial charge >= 0.3 is 5.63 Å². The third-order valence-electron chi connectivity index (χ3n) is 5.59. The molecule has 0 fully saturated rings. The van der Waals surface area contributed by atoms with Gasteiger partial charge in [0, 0.05) is 24.0 Å². The number of furan rings is 1. The largest absolute Gasteiger partial charge is 0.463 e. The zero-order valence-electron chi connectivity index (χ0n) is 18.2. The third kappa shape index (κ3) is 3.99. The Kier molecular flexibility index (Phi) is 5.65. The van der Waals surface area contributed by atoms with Crippen LogP contribution in [0.15, 0.2) is 56.3 Å². The Hall–Kier alpha value is -3.38. The van der Waals surface area contributed by atoms with Crippen molar-refractivity contribution in [1.29, 1.82) is 0 Å². The number of fused-ring (bicyclic) bond motifs is 3. The molecule has 0 saturated heterocycles. The summed E-state index contributed by atoms with van der Waals surface area (Å²) in [6.45, 7) is 5.07. The molecule has 6 nitrogen and oxygen atoms in total. The van der Waals surface area contributed by atoms with Crippen LogP contribution >= 0.6 is 0 Å². The van der Waals surface area contributed by atoms with Gasteiger partial charge in [0.25, 0.3) is 0 Å². The Morgan fingerprint density at radius 3 is 2.55 bits per heavy atom. The molecule has 0 bridgehead atoms. The van der Waals surface area contributed by atoms with Crippen LogP contribution in [0.5, 0.6) is 0 Å². The second-order valence-corrected chi connectivity index (χ2v) is 8.11. The predicted molar refractivity (Wildman–Crippen MR) is 122 cm³/mol. The van der Waals surface area contributed by atoms with E-state index in [4.69, 9.17) is 8.83 Å². The van der Waals surface area contributed by atoms with Gasteiger partial charge in [-0.2, -0.15) is 0 Å². The number of amides is 1. The second-order valence-electron chi connectivity index (χ2n) is 8.11. The lowest BCUT2D eigenvalue weighted by Crippen LogP contribution is -2.33. The van der Waals surface area contributed by atoms with Crippen molar-refractivity contribution in [2.75, 3.05) is 27.2 Å². The molecule has 4 aromatic rings. The van der Waals surface area contributed by atoms with Gasteiger partial charge in [0.2, 0.25) is 5.91 Å². The molecular weight excluding hydrogens is 392 g/mol. The summed E-state index contributed by atoms with van der Waals surface area (Å²) in [6, 6.07) is 11.9. The summed E-state index contributed by atoms with van der Waals surface area (Å²) in [4.78, 5) is 27.1. The fraction of sp³-hybridized carbons (Fsp3) is 0.280. The summed E-state index contributed by atoms with van der Waals surface area (Å²) in [6.07, 6.45) is 1.71. The molecule has 31 heavy (non-hydrogen) atoms. The number of aryl methyl sites for hydroxylation is 2. The summed E-state index contributed by atoms with van der Waals surface area (Å²) < 4.78 is 11.6. The zero-order chi connectivity index (χ0) is 22.1. The maximum absolute atomic E-state index is 12.7. The average Bonchev–Trinajstić information content (AvgIpc) is 3.17. The molecule has 2 heterocycles. The van der Waals surface area contributed by atoms with Crippen LogP contribution in [0.2, 0.25) is 0 Å². The molecule has 1 N–H and O–H groups in total. The van der Waals surface area contributed by atoms with E-state index in [9.17, 15) is 9.59 Å². The van der Waals surface area contributed by atoms with E-state index >= 15 is 0 Å². The molecule has 160 valence electrons. The van der Waals surface area contributed by atoms with Gasteiger partial charge in [0.15, 0.2) is 0 Å². The van der Waals surface area contributed by atoms with E-state index < -0.39 is 5.63 Å². The molecule has 0 radical (unpaired) electrons. The fourth-order valence-corrected chi connectivity index (χ4v) is 3.96. The molecule has 6 heteroatoms. The van der Waals surface area contributed by atoms with E-state index in [0.717, 1.165) is 34.0 Å². The van der Waals surface area contributed by atoms with Gasteiger partial charge in [-0.25, -0.2) is 4.79 Å². The van der Waals surface area contributed by atoms with Gasteiger partial charge in [-0.15, -0.1) is 0 Å². The first-order valence-corrected chi connectivity index (χ1v) is 10.3. The summed E-state index contributed by atoms with van der Waals surface area (Å²) >= 11 is 0. The smallest absolute Gasteiger partial charge is 0.340 e. The quantitative estimate of drug-likeness (QED) is 0.478. The van der Waals surface area contributed by atoms with Crippen LogP contribution in [0.1, 0.15) is 16.7 Å². The first-order valence-electron chi connectivity index (χ1n) is 10.3. The topological polar surface area (TPSA) is 75.7 Å². The Morgan fingerprint density at radius 1 is 1.10 bits per heavy atom. The molecule has 4 rings (SSSR count). The minimum atomic E-state index is -0.485. The van der Waals surface area contributed by atoms with Crippen LogP contribution in [0.4, 0.5) is 0 Å². The number of nitrogens with one attached hydrogen (secondary N) is 1. The molecule has 0 aliphatic heterocycles. The van der Waals surface area contributed by atoms with Crippen molar-refractivity contribution in [3.63, 3.8) is 0 Å². The highest BCUT2D eigenvalue weighted by Crippen LogP contribution is 2.38. The molecule has 2 aromatic heterocycles. The van der Waals surface area contributed by atoms with E-state index in [0.29, 0.717) is 28.8 Å². The Bertz CT molecular complexity index is 1320. The number of nitrogens with zero attached hydrogens (tertiary/aromatic N) is 1. The minimum absolute atomic E-state index is 0.0286. The van der Waals surface area contributed by atoms with Gasteiger partial charge in [0.05, 0.1) is 23.6 Å². The Balaban J connectivity index is 1.81. The first-order chi connectivity index (χ1) is 14.9. The molecule has 0 spiro atoms. The van der Waals surface area contributed by atoms with Crippen LogP contribution < -0.4 is 10.9 Å². The summed E-state index contributed by atoms with van der Waals surface area (Å²) in [5, 5.41) is 4.57. The van der Waals surface area contributed by atoms with E-state index in [1.165, 1.54) is 0 Å². The highest BCUT2D eigenvalue weighted by Gasteiger charge is 2.21. The van der Waals surface area contributed by atoms with Crippen LogP contribution in [0.3, 0.4) is 0 Å². The van der Waals surface area contributed by atoms with Crippen molar-refractivity contribution in [1.82, 2.24) is 10.2 Å². The lowest BCUT2D eigenvalue weighted by molar-refractivity contribution is -0.120. The van der Waals surface area contributed by atoms with E-state index in [1.54, 1.807) is 6.26 Å². The van der Waals surface area contributed by atoms with Crippen LogP contribution in [-0.2, 0) is 11.2 Å². The zero-order valence-corrected chi connectivity index (χ0v) is 18.2. The Labute approximate surface area is 180 Å². The number of hydrogen-bond donors (Lipinski definition) is 1. The molecule has 0 atom stereocenters. The standard InChI is InChI=1S/C25H26N2O4/c1-15-12-20-23(24-22(15)19(14-30-24)17-8-6-5-7-9-17)16(2)18(25(29)31-20)13-21(28)26-10-11-27(3)4/h5-9,12,14H,10-11,13H2,1-4H3,(H,26,28). The van der Waals surface area contributed by atoms with Crippen molar-refractivity contribution >= 4 is 27.8 Å². The van der Waals surface area contributed by atoms with Gasteiger partial charge in [-0.3, -0.25) is 4.79 Å². The lowest BCUT2D eigenvalue weighted by atomic mass is 9.96. The maximum atomic E-state index is 12.7. The van der Waals surface area contributed by atoms with Crippen molar-refractivity contribution in [3.05, 3.63) is 69.8 Å². The molecular formula is C25H26N2O4. The van der Waals surface area contributed by atoms with Gasteiger partial charge in [-0.1, -0.05) is 30.3 Å². The average molecular weight is 418 g/mol. The minimum Gasteiger partial charge on any atom is -0.463 e. The lowest BCUT2D eigenvalue weighted by Gasteiger charge is -2.12. The SMILES string of the molecule is Cc1cc2oc(=O)c(CC(=O)NCCN(C)C)c(C)c2c2occ(-c3ccccc3)c12. The second kappa shape index (κ2) is 8.40. The van der Waals surface area contributed by atoms with Crippen LogP contribution in [-0.4, -0.2) is 38.0 Å². The van der Waals surface area contributed by atoms with Crippen molar-refractivity contribution in [2.24, 2.45) is 0 Å². The fourth-order valence-electron chi connectivity index (χ4n) is 3.96. The van der Waals surface area contributed by atoms with E-state index in [-0.39, 0.29) is 12.3 Å². The number of carbonyl (C=O) groups excluding carboxylic acids is 1. The number of rotatable bonds is 6. The molecule has 1 amide bonds. The predicted octanol–water partition coefficient (Wildman–Crippen LogP) is 4.04. The maximum Gasteiger partial charge on any atom is 0.340 e. The molecule has 2 aromatic carbocycles. The van der Waals surface area contributed by atoms with Gasteiger partial charge in [-0.05, 0) is 50.7 Å². The van der Waals surface area contributed by atoms with Crippen LogP contribution in [0.25, 0.3) is 33.1 Å². The highest BCUT2D eigenvalue weighted by molar-refractivity contribution is 6.11. The number of benzene rings is 2. The molecule has 0 unspecified atom stereocenters.